The molecule has 0 unspecified atom stereocenters. The van der Waals surface area contributed by atoms with Crippen LogP contribution in [0.2, 0.25) is 5.02 Å². The molecule has 6 nitrogen and oxygen atoms in total. The number of benzene rings is 2. The lowest BCUT2D eigenvalue weighted by atomic mass is 10.2. The maximum absolute atomic E-state index is 6.04. The van der Waals surface area contributed by atoms with Gasteiger partial charge in [0.25, 0.3) is 0 Å². The van der Waals surface area contributed by atoms with Gasteiger partial charge in [-0.25, -0.2) is 4.98 Å². The van der Waals surface area contributed by atoms with E-state index >= 15 is 0 Å². The van der Waals surface area contributed by atoms with Gasteiger partial charge in [0.15, 0.2) is 5.96 Å². The Morgan fingerprint density at radius 3 is 2.44 bits per heavy atom. The minimum absolute atomic E-state index is 0. The Morgan fingerprint density at radius 1 is 1.06 bits per heavy atom. The predicted molar refractivity (Wildman–Crippen MR) is 142 cm³/mol. The largest absolute Gasteiger partial charge is 0.370 e. The summed E-state index contributed by atoms with van der Waals surface area (Å²) in [6.07, 6.45) is 5.47. The van der Waals surface area contributed by atoms with Crippen LogP contribution in [0, 0.1) is 0 Å². The van der Waals surface area contributed by atoms with Gasteiger partial charge in [-0.3, -0.25) is 4.99 Å². The molecule has 3 aromatic rings. The average molecular weight is 520 g/mol. The number of aryl methyl sites for hydroxylation is 1. The second-order valence-electron chi connectivity index (χ2n) is 6.74. The Labute approximate surface area is 213 Å². The van der Waals surface area contributed by atoms with Crippen LogP contribution in [0.5, 0.6) is 0 Å². The van der Waals surface area contributed by atoms with Crippen LogP contribution in [0.15, 0.2) is 72.1 Å². The maximum Gasteiger partial charge on any atom is 0.188 e. The summed E-state index contributed by atoms with van der Waals surface area (Å²) in [5.41, 5.74) is 9.43. The van der Waals surface area contributed by atoms with Crippen LogP contribution in [0.3, 0.4) is 0 Å². The summed E-state index contributed by atoms with van der Waals surface area (Å²) < 4.78 is 0. The number of rotatable bonds is 10. The molecule has 0 amide bonds. The van der Waals surface area contributed by atoms with E-state index in [0.717, 1.165) is 48.9 Å². The van der Waals surface area contributed by atoms with E-state index in [9.17, 15) is 0 Å². The first-order valence-electron chi connectivity index (χ1n) is 9.76. The van der Waals surface area contributed by atoms with Crippen LogP contribution in [0.4, 0.5) is 5.69 Å². The van der Waals surface area contributed by atoms with Crippen molar-refractivity contribution in [3.63, 3.8) is 0 Å². The zero-order valence-corrected chi connectivity index (χ0v) is 20.8. The van der Waals surface area contributed by atoms with Gasteiger partial charge in [0.2, 0.25) is 0 Å². The van der Waals surface area contributed by atoms with Crippen molar-refractivity contribution in [3.05, 3.63) is 83.4 Å². The molecule has 0 saturated carbocycles. The summed E-state index contributed by atoms with van der Waals surface area (Å²) in [5, 5.41) is 3.90. The first kappa shape index (κ1) is 29.9. The Balaban J connectivity index is 0.00000320. The van der Waals surface area contributed by atoms with E-state index in [1.807, 2.05) is 36.5 Å². The molecule has 176 valence electrons. The van der Waals surface area contributed by atoms with Crippen molar-refractivity contribution in [2.24, 2.45) is 10.7 Å². The summed E-state index contributed by atoms with van der Waals surface area (Å²) in [4.78, 5) is 13.9. The third-order valence-electron chi connectivity index (χ3n) is 4.53. The van der Waals surface area contributed by atoms with Gasteiger partial charge in [-0.1, -0.05) is 41.9 Å². The Bertz CT molecular complexity index is 873. The molecule has 0 aliphatic rings. The van der Waals surface area contributed by atoms with Gasteiger partial charge in [0.05, 0.1) is 18.6 Å². The van der Waals surface area contributed by atoms with Gasteiger partial charge in [0, 0.05) is 36.5 Å². The highest BCUT2D eigenvalue weighted by molar-refractivity contribution is 6.30. The Kier molecular flexibility index (Phi) is 15.4. The zero-order valence-electron chi connectivity index (χ0n) is 17.6. The van der Waals surface area contributed by atoms with Crippen molar-refractivity contribution in [2.75, 3.05) is 24.5 Å². The minimum Gasteiger partial charge on any atom is -0.370 e. The quantitative estimate of drug-likeness (QED) is 0.202. The zero-order chi connectivity index (χ0) is 20.3. The SMILES string of the molecule is Cl.Cl.Cl.NC(=NCCN(Cc1ccccc1)c1ccc(Cl)cc1)NCCCc1c[nH]cn1. The molecule has 0 spiro atoms. The normalized spacial score (nSPS) is 10.3. The first-order chi connectivity index (χ1) is 14.2. The van der Waals surface area contributed by atoms with Gasteiger partial charge in [-0.2, -0.15) is 0 Å². The van der Waals surface area contributed by atoms with E-state index in [1.165, 1.54) is 5.56 Å². The van der Waals surface area contributed by atoms with E-state index in [2.05, 4.69) is 49.4 Å². The number of aromatic nitrogens is 2. The molecule has 0 aliphatic heterocycles. The molecular weight excluding hydrogens is 490 g/mol. The molecule has 0 saturated heterocycles. The van der Waals surface area contributed by atoms with Crippen LogP contribution < -0.4 is 16.0 Å². The molecule has 4 N–H and O–H groups in total. The maximum atomic E-state index is 6.04. The van der Waals surface area contributed by atoms with Gasteiger partial charge < -0.3 is 20.9 Å². The molecule has 0 radical (unpaired) electrons. The lowest BCUT2D eigenvalue weighted by Gasteiger charge is -2.24. The molecule has 3 rings (SSSR count). The molecular formula is C22H30Cl4N6. The van der Waals surface area contributed by atoms with Gasteiger partial charge >= 0.3 is 0 Å². The molecule has 10 heteroatoms. The van der Waals surface area contributed by atoms with Crippen LogP contribution in [0.25, 0.3) is 0 Å². The number of nitrogens with zero attached hydrogens (tertiary/aromatic N) is 3. The summed E-state index contributed by atoms with van der Waals surface area (Å²) in [6.45, 7) is 2.93. The number of anilines is 1. The number of imidazole rings is 1. The lowest BCUT2D eigenvalue weighted by molar-refractivity contribution is 0.749. The lowest BCUT2D eigenvalue weighted by Crippen LogP contribution is -2.34. The monoisotopic (exact) mass is 518 g/mol. The molecule has 0 atom stereocenters. The summed E-state index contributed by atoms with van der Waals surface area (Å²) in [7, 11) is 0. The molecule has 1 heterocycles. The minimum atomic E-state index is 0. The highest BCUT2D eigenvalue weighted by atomic mass is 35.5. The predicted octanol–water partition coefficient (Wildman–Crippen LogP) is 4.87. The van der Waals surface area contributed by atoms with Gasteiger partial charge in [-0.05, 0) is 42.7 Å². The molecule has 32 heavy (non-hydrogen) atoms. The summed E-state index contributed by atoms with van der Waals surface area (Å²) in [5.74, 6) is 0.475. The molecule has 1 aromatic heterocycles. The third kappa shape index (κ3) is 10.5. The van der Waals surface area contributed by atoms with Crippen molar-refractivity contribution in [2.45, 2.75) is 19.4 Å². The highest BCUT2D eigenvalue weighted by Crippen LogP contribution is 2.20. The van der Waals surface area contributed by atoms with Crippen LogP contribution in [0.1, 0.15) is 17.7 Å². The average Bonchev–Trinajstić information content (AvgIpc) is 3.25. The fourth-order valence-corrected chi connectivity index (χ4v) is 3.14. The summed E-state index contributed by atoms with van der Waals surface area (Å²) in [6, 6.07) is 18.3. The molecule has 0 aliphatic carbocycles. The number of aromatic amines is 1. The van der Waals surface area contributed by atoms with Crippen molar-refractivity contribution in [1.82, 2.24) is 15.3 Å². The highest BCUT2D eigenvalue weighted by Gasteiger charge is 2.07. The summed E-state index contributed by atoms with van der Waals surface area (Å²) >= 11 is 6.04. The second-order valence-corrected chi connectivity index (χ2v) is 7.18. The van der Waals surface area contributed by atoms with Crippen LogP contribution >= 0.6 is 48.8 Å². The standard InChI is InChI=1S/C22H27ClN6.3ClH/c23-19-8-10-21(11-9-19)29(16-18-5-2-1-3-6-18)14-13-27-22(24)26-12-4-7-20-15-25-17-28-20;;;/h1-3,5-6,8-11,15,17H,4,7,12-14,16H2,(H,25,28)(H3,24,26,27);3*1H. The van der Waals surface area contributed by atoms with Crippen molar-refractivity contribution < 1.29 is 0 Å². The van der Waals surface area contributed by atoms with Crippen molar-refractivity contribution in [3.8, 4) is 0 Å². The number of halogens is 4. The second kappa shape index (κ2) is 16.5. The number of aliphatic imine (C=N–C) groups is 1. The van der Waals surface area contributed by atoms with Gasteiger partial charge in [-0.15, -0.1) is 37.2 Å². The van der Waals surface area contributed by atoms with Gasteiger partial charge in [0.1, 0.15) is 0 Å². The molecule has 0 bridgehead atoms. The van der Waals surface area contributed by atoms with Crippen molar-refractivity contribution >= 4 is 60.5 Å². The molecule has 2 aromatic carbocycles. The molecule has 0 fully saturated rings. The number of nitrogens with two attached hydrogens (primary N) is 1. The number of hydrogen-bond donors (Lipinski definition) is 3. The smallest absolute Gasteiger partial charge is 0.188 e. The van der Waals surface area contributed by atoms with Crippen LogP contribution in [-0.4, -0.2) is 35.6 Å². The van der Waals surface area contributed by atoms with E-state index in [4.69, 9.17) is 17.3 Å². The third-order valence-corrected chi connectivity index (χ3v) is 4.78. The number of nitrogens with one attached hydrogen (secondary N) is 2. The fraction of sp³-hybridized carbons (Fsp3) is 0.273. The fourth-order valence-electron chi connectivity index (χ4n) is 3.02. The number of hydrogen-bond acceptors (Lipinski definition) is 3. The van der Waals surface area contributed by atoms with E-state index in [1.54, 1.807) is 6.33 Å². The van der Waals surface area contributed by atoms with Crippen LogP contribution in [-0.2, 0) is 13.0 Å². The number of H-pyrrole nitrogens is 1. The number of guanidine groups is 1. The first-order valence-corrected chi connectivity index (χ1v) is 10.1. The van der Waals surface area contributed by atoms with Crippen molar-refractivity contribution in [1.29, 1.82) is 0 Å². The van der Waals surface area contributed by atoms with E-state index in [-0.39, 0.29) is 37.2 Å². The topological polar surface area (TPSA) is 82.3 Å². The Hall–Kier alpha value is -2.12. The van der Waals surface area contributed by atoms with E-state index in [0.29, 0.717) is 12.5 Å². The van der Waals surface area contributed by atoms with E-state index < -0.39 is 0 Å². The Morgan fingerprint density at radius 2 is 1.78 bits per heavy atom.